The van der Waals surface area contributed by atoms with Crippen LogP contribution in [0.2, 0.25) is 0 Å². The van der Waals surface area contributed by atoms with Crippen LogP contribution in [0.25, 0.3) is 0 Å². The molecule has 1 N–H and O–H groups in total. The van der Waals surface area contributed by atoms with Gasteiger partial charge in [-0.25, -0.2) is 18.0 Å². The van der Waals surface area contributed by atoms with Gasteiger partial charge in [-0.2, -0.15) is 0 Å². The molecule has 0 saturated carbocycles. The van der Waals surface area contributed by atoms with Gasteiger partial charge in [0.25, 0.3) is 15.6 Å². The number of aromatic nitrogens is 2. The van der Waals surface area contributed by atoms with Crippen LogP contribution < -0.4 is 16.0 Å². The van der Waals surface area contributed by atoms with Crippen molar-refractivity contribution in [2.45, 2.75) is 37.8 Å². The minimum atomic E-state index is -3.74. The molecule has 31 heavy (non-hydrogen) atoms. The molecule has 0 radical (unpaired) electrons. The minimum absolute atomic E-state index is 0.0823. The van der Waals surface area contributed by atoms with Crippen molar-refractivity contribution in [2.24, 2.45) is 25.0 Å². The number of nitrogens with zero attached hydrogens (tertiary/aromatic N) is 3. The Labute approximate surface area is 179 Å². The number of benzene rings is 1. The van der Waals surface area contributed by atoms with Crippen molar-refractivity contribution < 1.29 is 17.9 Å². The van der Waals surface area contributed by atoms with Gasteiger partial charge >= 0.3 is 11.7 Å². The number of esters is 1. The van der Waals surface area contributed by atoms with E-state index in [0.717, 1.165) is 4.57 Å². The third-order valence-electron chi connectivity index (χ3n) is 5.34. The lowest BCUT2D eigenvalue weighted by Crippen LogP contribution is -2.38. The third-order valence-corrected chi connectivity index (χ3v) is 6.74. The molecule has 0 aliphatic carbocycles. The van der Waals surface area contributed by atoms with Gasteiger partial charge in [0.2, 0.25) is 0 Å². The zero-order chi connectivity index (χ0) is 22.9. The van der Waals surface area contributed by atoms with Gasteiger partial charge in [0.05, 0.1) is 10.6 Å². The van der Waals surface area contributed by atoms with Gasteiger partial charge in [0.15, 0.2) is 6.04 Å². The van der Waals surface area contributed by atoms with Gasteiger partial charge in [0.1, 0.15) is 12.4 Å². The molecule has 2 heterocycles. The van der Waals surface area contributed by atoms with E-state index in [9.17, 15) is 22.8 Å². The van der Waals surface area contributed by atoms with Crippen LogP contribution >= 0.6 is 0 Å². The van der Waals surface area contributed by atoms with Crippen molar-refractivity contribution in [1.82, 2.24) is 13.9 Å². The van der Waals surface area contributed by atoms with Gasteiger partial charge in [-0.3, -0.25) is 23.6 Å². The maximum absolute atomic E-state index is 12.8. The van der Waals surface area contributed by atoms with Gasteiger partial charge in [0, 0.05) is 25.7 Å². The first-order valence-electron chi connectivity index (χ1n) is 9.69. The third kappa shape index (κ3) is 4.31. The predicted molar refractivity (Wildman–Crippen MR) is 113 cm³/mol. The van der Waals surface area contributed by atoms with Crippen molar-refractivity contribution >= 4 is 21.8 Å². The molecule has 0 saturated heterocycles. The summed E-state index contributed by atoms with van der Waals surface area (Å²) in [5, 5.41) is 0. The summed E-state index contributed by atoms with van der Waals surface area (Å²) in [5.41, 5.74) is -0.416. The average Bonchev–Trinajstić information content (AvgIpc) is 3.01. The van der Waals surface area contributed by atoms with Gasteiger partial charge < -0.3 is 4.74 Å². The van der Waals surface area contributed by atoms with Crippen LogP contribution in [0.15, 0.2) is 49.8 Å². The van der Waals surface area contributed by atoms with Crippen LogP contribution in [0.1, 0.15) is 31.5 Å². The highest BCUT2D eigenvalue weighted by Gasteiger charge is 2.33. The molecule has 166 valence electrons. The molecule has 0 spiro atoms. The molecule has 2 atom stereocenters. The number of nitrogens with one attached hydrogen (secondary N) is 1. The van der Waals surface area contributed by atoms with Gasteiger partial charge in [-0.1, -0.05) is 32.4 Å². The lowest BCUT2D eigenvalue weighted by Gasteiger charge is -2.19. The average molecular weight is 449 g/mol. The molecule has 1 aliphatic rings. The Morgan fingerprint density at radius 1 is 1.19 bits per heavy atom. The van der Waals surface area contributed by atoms with Gasteiger partial charge in [-0.05, 0) is 18.1 Å². The number of amidine groups is 1. The Kier molecular flexibility index (Phi) is 6.16. The fourth-order valence-corrected chi connectivity index (χ4v) is 4.39. The molecule has 10 nitrogen and oxygen atoms in total. The Balaban J connectivity index is 1.90. The van der Waals surface area contributed by atoms with E-state index in [1.165, 1.54) is 30.8 Å². The molecular formula is C20H24N4O6S. The van der Waals surface area contributed by atoms with E-state index in [-0.39, 0.29) is 28.9 Å². The van der Waals surface area contributed by atoms with Crippen LogP contribution in [-0.2, 0) is 40.3 Å². The van der Waals surface area contributed by atoms with E-state index in [2.05, 4.69) is 9.71 Å². The molecule has 0 bridgehead atoms. The maximum Gasteiger partial charge on any atom is 0.331 e. The summed E-state index contributed by atoms with van der Waals surface area (Å²) in [7, 11) is -0.910. The molecule has 11 heteroatoms. The van der Waals surface area contributed by atoms with E-state index in [1.807, 2.05) is 6.92 Å². The molecule has 0 amide bonds. The fraction of sp³-hybridized carbons (Fsp3) is 0.400. The lowest BCUT2D eigenvalue weighted by atomic mass is 9.99. The number of rotatable bonds is 6. The van der Waals surface area contributed by atoms with Crippen molar-refractivity contribution in [3.8, 4) is 0 Å². The van der Waals surface area contributed by atoms with Crippen LogP contribution in [-0.4, -0.2) is 35.4 Å². The Morgan fingerprint density at radius 3 is 2.55 bits per heavy atom. The molecule has 1 aromatic heterocycles. The number of aliphatic imine (C=N–C) groups is 1. The summed E-state index contributed by atoms with van der Waals surface area (Å²) in [6.45, 7) is 3.39. The number of carbonyl (C=O) groups excluding carboxylic acids is 1. The Bertz CT molecular complexity index is 1280. The smallest absolute Gasteiger partial charge is 0.331 e. The Morgan fingerprint density at radius 2 is 1.87 bits per heavy atom. The summed E-state index contributed by atoms with van der Waals surface area (Å²) >= 11 is 0. The van der Waals surface area contributed by atoms with Crippen LogP contribution in [0.4, 0.5) is 0 Å². The molecule has 2 aromatic rings. The number of hydrogen-bond donors (Lipinski definition) is 1. The molecule has 0 unspecified atom stereocenters. The van der Waals surface area contributed by atoms with E-state index in [1.54, 1.807) is 25.1 Å². The second kappa shape index (κ2) is 8.50. The largest absolute Gasteiger partial charge is 0.458 e. The first-order chi connectivity index (χ1) is 14.6. The fourth-order valence-electron chi connectivity index (χ4n) is 3.15. The highest BCUT2D eigenvalue weighted by atomic mass is 32.2. The normalized spacial score (nSPS) is 17.6. The topological polar surface area (TPSA) is 129 Å². The predicted octanol–water partition coefficient (Wildman–Crippen LogP) is 0.281. The molecule has 1 aromatic carbocycles. The highest BCUT2D eigenvalue weighted by molar-refractivity contribution is 7.90. The van der Waals surface area contributed by atoms with Crippen molar-refractivity contribution in [3.63, 3.8) is 0 Å². The molecule has 3 rings (SSSR count). The zero-order valence-corrected chi connectivity index (χ0v) is 18.5. The van der Waals surface area contributed by atoms with E-state index >= 15 is 0 Å². The summed E-state index contributed by atoms with van der Waals surface area (Å²) in [4.78, 5) is 41.3. The number of hydrogen-bond acceptors (Lipinski definition) is 7. The highest BCUT2D eigenvalue weighted by Crippen LogP contribution is 2.24. The van der Waals surface area contributed by atoms with Gasteiger partial charge in [-0.15, -0.1) is 0 Å². The monoisotopic (exact) mass is 448 g/mol. The van der Waals surface area contributed by atoms with E-state index in [0.29, 0.717) is 12.0 Å². The standard InChI is InChI=1S/C20H24N4O6S/c1-5-12(2)17(21-18-14-8-6-7-9-15(14)31(28,29)22-18)19(26)30-11-13-10-16(25)24(4)20(27)23(13)3/h6-10,12,17H,5,11H2,1-4H3,(H,21,22)/t12-,17+/m0/s1. The summed E-state index contributed by atoms with van der Waals surface area (Å²) in [6.07, 6.45) is 0.593. The van der Waals surface area contributed by atoms with Crippen LogP contribution in [0.5, 0.6) is 0 Å². The molecule has 0 fully saturated rings. The summed E-state index contributed by atoms with van der Waals surface area (Å²) in [5.74, 6) is -0.845. The summed E-state index contributed by atoms with van der Waals surface area (Å²) < 4.78 is 34.6. The van der Waals surface area contributed by atoms with E-state index < -0.39 is 33.3 Å². The minimum Gasteiger partial charge on any atom is -0.458 e. The van der Waals surface area contributed by atoms with Crippen LogP contribution in [0, 0.1) is 5.92 Å². The molecular weight excluding hydrogens is 424 g/mol. The Hall–Kier alpha value is -3.21. The quantitative estimate of drug-likeness (QED) is 0.632. The number of sulfonamides is 1. The maximum atomic E-state index is 12.8. The lowest BCUT2D eigenvalue weighted by molar-refractivity contribution is -0.147. The van der Waals surface area contributed by atoms with Crippen molar-refractivity contribution in [3.05, 3.63) is 62.4 Å². The second-order valence-electron chi connectivity index (χ2n) is 7.39. The van der Waals surface area contributed by atoms with Crippen LogP contribution in [0.3, 0.4) is 0 Å². The SMILES string of the molecule is CC[C@H](C)[C@@H](N=C1NS(=O)(=O)c2ccccc21)C(=O)OCc1cc(=O)n(C)c(=O)n1C. The van der Waals surface area contributed by atoms with Crippen molar-refractivity contribution in [1.29, 1.82) is 0 Å². The van der Waals surface area contributed by atoms with Crippen molar-refractivity contribution in [2.75, 3.05) is 0 Å². The first-order valence-corrected chi connectivity index (χ1v) is 11.2. The molecule has 1 aliphatic heterocycles. The number of carbonyl (C=O) groups is 1. The first kappa shape index (κ1) is 22.5. The van der Waals surface area contributed by atoms with E-state index in [4.69, 9.17) is 4.74 Å². The number of fused-ring (bicyclic) bond motifs is 1. The second-order valence-corrected chi connectivity index (χ2v) is 9.04. The summed E-state index contributed by atoms with van der Waals surface area (Å²) in [6, 6.07) is 6.62. The number of ether oxygens (including phenoxy) is 1. The zero-order valence-electron chi connectivity index (χ0n) is 17.7.